The standard InChI is InChI=1S/2CH4.H3P.V/h2*1H4;1H3;/i;;1T;. The molecule has 0 spiro atoms. The molecule has 0 N–H and O–H groups in total. The van der Waals surface area contributed by atoms with E-state index in [9.17, 15) is 0 Å². The van der Waals surface area contributed by atoms with E-state index < -0.39 is 0 Å². The molecule has 2 heteroatoms. The third-order valence-corrected chi connectivity index (χ3v) is 0. The van der Waals surface area contributed by atoms with Crippen molar-refractivity contribution in [1.29, 1.82) is 1.28 Å². The van der Waals surface area contributed by atoms with E-state index in [0.29, 0.717) is 0 Å². The Bertz CT molecular complexity index is 9.61. The molecule has 0 saturated carbocycles. The maximum absolute atomic E-state index is 5.67. The van der Waals surface area contributed by atoms with Crippen LogP contribution in [0.1, 0.15) is 14.9 Å². The first-order valence-electron chi connectivity index (χ1n) is 0.577. The zero-order valence-corrected chi connectivity index (χ0v) is 3.58. The second-order valence-corrected chi connectivity index (χ2v) is 0. The van der Waals surface area contributed by atoms with Crippen LogP contribution < -0.4 is 0 Å². The van der Waals surface area contributed by atoms with E-state index in [0.717, 1.165) is 0 Å². The normalized spacial score (nSPS) is 1.75. The van der Waals surface area contributed by atoms with Crippen LogP contribution >= 0.6 is 9.84 Å². The molecule has 0 aromatic rings. The predicted molar refractivity (Wildman–Crippen MR) is 24.6 cm³/mol. The van der Waals surface area contributed by atoms with Crippen molar-refractivity contribution in [2.24, 2.45) is 0 Å². The van der Waals surface area contributed by atoms with Gasteiger partial charge in [-0.15, -0.1) is 0 Å². The molecular weight excluding hydrogens is 106 g/mol. The van der Waals surface area contributed by atoms with Crippen molar-refractivity contribution in [3.8, 4) is 0 Å². The molecule has 0 saturated heterocycles. The van der Waals surface area contributed by atoms with Crippen LogP contribution in [0.5, 0.6) is 0 Å². The molecule has 0 aromatic carbocycles. The molecule has 0 nitrogen and oxygen atoms in total. The molecule has 1 atom stereocenters. The van der Waals surface area contributed by atoms with E-state index in [2.05, 4.69) is 0 Å². The first-order valence-corrected chi connectivity index (χ1v) is 0. The van der Waals surface area contributed by atoms with Gasteiger partial charge in [0.1, 0.15) is 0 Å². The van der Waals surface area contributed by atoms with E-state index in [4.69, 9.17) is 1.28 Å². The third-order valence-electron chi connectivity index (χ3n) is 0. The Labute approximate surface area is 45.2 Å². The van der Waals surface area contributed by atoms with Gasteiger partial charge in [-0.25, -0.2) is 0 Å². The van der Waals surface area contributed by atoms with E-state index in [1.807, 2.05) is 0 Å². The van der Waals surface area contributed by atoms with Gasteiger partial charge in [-0.2, -0.15) is 9.84 Å². The summed E-state index contributed by atoms with van der Waals surface area (Å²) in [5.74, 6) is 0. The van der Waals surface area contributed by atoms with Crippen LogP contribution in [-0.4, -0.2) is 1.28 Å². The Morgan fingerprint density at radius 1 is 1.25 bits per heavy atom. The summed E-state index contributed by atoms with van der Waals surface area (Å²) in [4.78, 5) is 0. The first-order chi connectivity index (χ1) is 1.00. The summed E-state index contributed by atoms with van der Waals surface area (Å²) in [6.45, 7) is 0. The molecule has 0 fully saturated rings. The van der Waals surface area contributed by atoms with Crippen molar-refractivity contribution in [3.63, 3.8) is 0 Å². The Hall–Kier alpha value is 1.01. The van der Waals surface area contributed by atoms with Crippen molar-refractivity contribution < 1.29 is 18.6 Å². The zero-order valence-electron chi connectivity index (χ0n) is 2.02. The summed E-state index contributed by atoms with van der Waals surface area (Å²) < 4.78 is 5.67. The van der Waals surface area contributed by atoms with Crippen LogP contribution in [0.2, 0.25) is 0 Å². The van der Waals surface area contributed by atoms with Gasteiger partial charge in [-0.3, -0.25) is 0 Å². The fraction of sp³-hybridized carbons (Fsp3) is 1.00. The largest absolute Gasteiger partial charge is 0.153 e. The SMILES string of the molecule is C.C.[3H]P.[V]. The minimum Gasteiger partial charge on any atom is -0.153 e. The van der Waals surface area contributed by atoms with Gasteiger partial charge in [0.15, 0.2) is 0 Å². The summed E-state index contributed by atoms with van der Waals surface area (Å²) in [5, 5.41) is 0. The third kappa shape index (κ3) is 11.9. The van der Waals surface area contributed by atoms with Gasteiger partial charge in [-0.05, 0) is 0 Å². The van der Waals surface area contributed by atoms with Gasteiger partial charge in [0, 0.05) is 18.6 Å². The van der Waals surface area contributed by atoms with Gasteiger partial charge >= 0.3 is 0 Å². The molecule has 0 aliphatic heterocycles. The Balaban J connectivity index is -0.00000000167. The molecule has 0 aliphatic carbocycles. The van der Waals surface area contributed by atoms with Crippen LogP contribution in [0, 0.1) is 0 Å². The maximum atomic E-state index is 5.67. The average molecular weight is 119 g/mol. The summed E-state index contributed by atoms with van der Waals surface area (Å²) >= 11 is 0. The summed E-state index contributed by atoms with van der Waals surface area (Å²) in [6, 6.07) is 0. The van der Waals surface area contributed by atoms with Crippen LogP contribution in [-0.2, 0) is 18.6 Å². The fourth-order valence-electron chi connectivity index (χ4n) is 0. The minimum atomic E-state index is 0. The molecule has 0 aliphatic rings. The summed E-state index contributed by atoms with van der Waals surface area (Å²) in [5.41, 5.74) is 0. The molecular formula is C2H11PV. The van der Waals surface area contributed by atoms with Crippen molar-refractivity contribution >= 4 is 9.84 Å². The van der Waals surface area contributed by atoms with Crippen molar-refractivity contribution in [3.05, 3.63) is 0 Å². The van der Waals surface area contributed by atoms with Crippen LogP contribution in [0.25, 0.3) is 0 Å². The quantitative estimate of drug-likeness (QED) is 0.422. The smallest absolute Gasteiger partial charge is 0.0511 e. The first kappa shape index (κ1) is 19.9. The number of rotatable bonds is 0. The number of hydrogen-bond donors (Lipinski definition) is 0. The molecule has 1 radical (unpaired) electrons. The van der Waals surface area contributed by atoms with Gasteiger partial charge in [0.25, 0.3) is 0 Å². The predicted octanol–water partition coefficient (Wildman–Crippen LogP) is 1.33. The summed E-state index contributed by atoms with van der Waals surface area (Å²) in [6.07, 6.45) is 0. The Morgan fingerprint density at radius 3 is 1.25 bits per heavy atom. The van der Waals surface area contributed by atoms with Crippen LogP contribution in [0.15, 0.2) is 0 Å². The van der Waals surface area contributed by atoms with E-state index >= 15 is 0 Å². The molecule has 0 amide bonds. The molecule has 1 unspecified atom stereocenters. The average Bonchev–Trinajstić information content (AvgIpc) is 1.00. The maximum Gasteiger partial charge on any atom is 0.0511 e. The second-order valence-electron chi connectivity index (χ2n) is 0. The minimum absolute atomic E-state index is 0. The van der Waals surface area contributed by atoms with Crippen LogP contribution in [0.4, 0.5) is 0 Å². The monoisotopic (exact) mass is 119 g/mol. The molecule has 29 valence electrons. The van der Waals surface area contributed by atoms with Gasteiger partial charge < -0.3 is 0 Å². The molecule has 4 heavy (non-hydrogen) atoms. The van der Waals surface area contributed by atoms with Gasteiger partial charge in [0.2, 0.25) is 0 Å². The fourth-order valence-corrected chi connectivity index (χ4v) is 0. The van der Waals surface area contributed by atoms with Crippen molar-refractivity contribution in [2.75, 3.05) is 0 Å². The van der Waals surface area contributed by atoms with Crippen molar-refractivity contribution in [2.45, 2.75) is 14.9 Å². The Kier molecular flexibility index (Phi) is 176. The zero-order chi connectivity index (χ0) is 2.00. The van der Waals surface area contributed by atoms with E-state index in [-0.39, 0.29) is 33.4 Å². The number of hydrogen-bond acceptors (Lipinski definition) is 0. The van der Waals surface area contributed by atoms with E-state index in [1.54, 1.807) is 9.84 Å². The molecule has 0 rings (SSSR count). The molecule has 0 aromatic heterocycles. The topological polar surface area (TPSA) is 0 Å². The van der Waals surface area contributed by atoms with E-state index in [1.165, 1.54) is 0 Å². The van der Waals surface area contributed by atoms with Crippen molar-refractivity contribution in [1.82, 2.24) is 0 Å². The molecule has 0 bridgehead atoms. The Morgan fingerprint density at radius 2 is 1.25 bits per heavy atom. The van der Waals surface area contributed by atoms with Gasteiger partial charge in [-0.1, -0.05) is 14.9 Å². The summed E-state index contributed by atoms with van der Waals surface area (Å²) in [7, 11) is 1.67. The second kappa shape index (κ2) is 35.4. The molecule has 0 heterocycles. The van der Waals surface area contributed by atoms with Crippen LogP contribution in [0.3, 0.4) is 0 Å². The van der Waals surface area contributed by atoms with Gasteiger partial charge in [0.05, 0.1) is 1.28 Å².